The van der Waals surface area contributed by atoms with Crippen molar-refractivity contribution in [1.82, 2.24) is 4.90 Å². The van der Waals surface area contributed by atoms with Gasteiger partial charge < -0.3 is 25.6 Å². The number of amides is 1. The Bertz CT molecular complexity index is 788. The summed E-state index contributed by atoms with van der Waals surface area (Å²) < 4.78 is 5.44. The number of benzene rings is 2. The van der Waals surface area contributed by atoms with E-state index in [-0.39, 0.29) is 19.1 Å². The van der Waals surface area contributed by atoms with Crippen LogP contribution in [-0.4, -0.2) is 53.4 Å². The van der Waals surface area contributed by atoms with E-state index in [0.717, 1.165) is 18.4 Å². The Morgan fingerprint density at radius 2 is 1.93 bits per heavy atom. The topological polar surface area (TPSA) is 96.0 Å². The molecule has 1 amide bonds. The van der Waals surface area contributed by atoms with Crippen LogP contribution in [0.3, 0.4) is 0 Å². The van der Waals surface area contributed by atoms with Crippen LogP contribution < -0.4 is 10.5 Å². The van der Waals surface area contributed by atoms with Crippen LogP contribution >= 0.6 is 0 Å². The summed E-state index contributed by atoms with van der Waals surface area (Å²) in [6.07, 6.45) is 0.924. The van der Waals surface area contributed by atoms with Crippen molar-refractivity contribution in [2.24, 2.45) is 5.73 Å². The number of carbonyl (C=O) groups excluding carboxylic acids is 1. The minimum absolute atomic E-state index is 0.0117. The van der Waals surface area contributed by atoms with E-state index < -0.39 is 6.10 Å². The summed E-state index contributed by atoms with van der Waals surface area (Å²) >= 11 is 0. The highest BCUT2D eigenvalue weighted by Crippen LogP contribution is 2.29. The highest BCUT2D eigenvalue weighted by molar-refractivity contribution is 5.94. The lowest BCUT2D eigenvalue weighted by Crippen LogP contribution is -2.37. The molecule has 1 saturated heterocycles. The molecule has 0 radical (unpaired) electrons. The number of carbonyl (C=O) groups is 1. The van der Waals surface area contributed by atoms with Gasteiger partial charge in [-0.05, 0) is 48.1 Å². The number of rotatable bonds is 7. The quantitative estimate of drug-likeness (QED) is 0.678. The summed E-state index contributed by atoms with van der Waals surface area (Å²) in [7, 11) is 0. The van der Waals surface area contributed by atoms with Gasteiger partial charge in [-0.2, -0.15) is 0 Å². The smallest absolute Gasteiger partial charge is 0.253 e. The van der Waals surface area contributed by atoms with Gasteiger partial charge >= 0.3 is 0 Å². The zero-order chi connectivity index (χ0) is 19.9. The van der Waals surface area contributed by atoms with Crippen molar-refractivity contribution < 1.29 is 19.7 Å². The standard InChI is InChI=1S/C22H28N2O4/c23-13-16-3-1-4-18(11-16)17-7-9-24(10-8-17)22(27)19-5-2-6-21(12-19)28-15-20(26)14-25/h1-6,11-12,17,20,25-26H,7-10,13-15,23H2/t20-/m1/s1. The van der Waals surface area contributed by atoms with E-state index in [2.05, 4.69) is 12.1 Å². The molecule has 2 aromatic rings. The average Bonchev–Trinajstić information content (AvgIpc) is 2.77. The zero-order valence-electron chi connectivity index (χ0n) is 16.0. The Hall–Kier alpha value is -2.41. The van der Waals surface area contributed by atoms with Gasteiger partial charge in [-0.3, -0.25) is 4.79 Å². The van der Waals surface area contributed by atoms with Crippen LogP contribution in [0.1, 0.15) is 40.2 Å². The number of aliphatic hydroxyl groups excluding tert-OH is 2. The summed E-state index contributed by atoms with van der Waals surface area (Å²) in [6, 6.07) is 15.4. The van der Waals surface area contributed by atoms with Crippen LogP contribution in [0.15, 0.2) is 48.5 Å². The Morgan fingerprint density at radius 1 is 1.18 bits per heavy atom. The van der Waals surface area contributed by atoms with Crippen LogP contribution in [0.4, 0.5) is 0 Å². The number of likely N-dealkylation sites (tertiary alicyclic amines) is 1. The Kier molecular flexibility index (Phi) is 7.03. The van der Waals surface area contributed by atoms with Gasteiger partial charge in [0.2, 0.25) is 0 Å². The molecule has 0 bridgehead atoms. The lowest BCUT2D eigenvalue weighted by Gasteiger charge is -2.32. The Balaban J connectivity index is 1.59. The number of nitrogens with two attached hydrogens (primary N) is 1. The Labute approximate surface area is 165 Å². The summed E-state index contributed by atoms with van der Waals surface area (Å²) in [5.41, 5.74) is 8.75. The Morgan fingerprint density at radius 3 is 2.64 bits per heavy atom. The maximum atomic E-state index is 12.9. The van der Waals surface area contributed by atoms with Crippen molar-refractivity contribution in [3.05, 3.63) is 65.2 Å². The first kappa shape index (κ1) is 20.3. The lowest BCUT2D eigenvalue weighted by molar-refractivity contribution is 0.0535. The summed E-state index contributed by atoms with van der Waals surface area (Å²) in [6.45, 7) is 1.59. The third-order valence-corrected chi connectivity index (χ3v) is 5.17. The summed E-state index contributed by atoms with van der Waals surface area (Å²) in [5.74, 6) is 0.944. The molecule has 0 saturated carbocycles. The lowest BCUT2D eigenvalue weighted by atomic mass is 9.88. The molecule has 28 heavy (non-hydrogen) atoms. The van der Waals surface area contributed by atoms with E-state index in [0.29, 0.717) is 36.9 Å². The van der Waals surface area contributed by atoms with Crippen LogP contribution in [0.2, 0.25) is 0 Å². The molecular formula is C22H28N2O4. The molecule has 1 aliphatic rings. The second-order valence-electron chi connectivity index (χ2n) is 7.19. The van der Waals surface area contributed by atoms with E-state index >= 15 is 0 Å². The first-order valence-electron chi connectivity index (χ1n) is 9.70. The summed E-state index contributed by atoms with van der Waals surface area (Å²) in [4.78, 5) is 14.7. The number of nitrogens with zero attached hydrogens (tertiary/aromatic N) is 1. The molecule has 6 nitrogen and oxygen atoms in total. The molecule has 2 aromatic carbocycles. The predicted octanol–water partition coefficient (Wildman–Crippen LogP) is 1.90. The molecule has 0 unspecified atom stereocenters. The molecule has 150 valence electrons. The molecule has 1 aliphatic heterocycles. The molecule has 0 aromatic heterocycles. The van der Waals surface area contributed by atoms with Crippen molar-refractivity contribution >= 4 is 5.91 Å². The first-order chi connectivity index (χ1) is 13.6. The number of aliphatic hydroxyl groups is 2. The van der Waals surface area contributed by atoms with Crippen molar-refractivity contribution in [3.8, 4) is 5.75 Å². The highest BCUT2D eigenvalue weighted by Gasteiger charge is 2.25. The van der Waals surface area contributed by atoms with Gasteiger partial charge in [0.15, 0.2) is 0 Å². The number of piperidine rings is 1. The molecule has 1 atom stereocenters. The molecule has 0 spiro atoms. The molecular weight excluding hydrogens is 356 g/mol. The molecule has 6 heteroatoms. The van der Waals surface area contributed by atoms with Gasteiger partial charge in [0.05, 0.1) is 6.61 Å². The van der Waals surface area contributed by atoms with Gasteiger partial charge in [-0.15, -0.1) is 0 Å². The van der Waals surface area contributed by atoms with Gasteiger partial charge in [0, 0.05) is 25.2 Å². The van der Waals surface area contributed by atoms with Crippen LogP contribution in [0, 0.1) is 0 Å². The maximum Gasteiger partial charge on any atom is 0.253 e. The number of hydrogen-bond donors (Lipinski definition) is 3. The normalized spacial score (nSPS) is 16.0. The minimum atomic E-state index is -0.934. The minimum Gasteiger partial charge on any atom is -0.491 e. The van der Waals surface area contributed by atoms with Crippen LogP contribution in [0.5, 0.6) is 5.75 Å². The monoisotopic (exact) mass is 384 g/mol. The van der Waals surface area contributed by atoms with E-state index in [9.17, 15) is 9.90 Å². The molecule has 3 rings (SSSR count). The fourth-order valence-corrected chi connectivity index (χ4v) is 3.54. The van der Waals surface area contributed by atoms with E-state index in [4.69, 9.17) is 15.6 Å². The number of ether oxygens (including phenoxy) is 1. The molecule has 1 fully saturated rings. The third kappa shape index (κ3) is 5.10. The van der Waals surface area contributed by atoms with E-state index in [1.54, 1.807) is 24.3 Å². The van der Waals surface area contributed by atoms with Crippen LogP contribution in [-0.2, 0) is 6.54 Å². The third-order valence-electron chi connectivity index (χ3n) is 5.17. The summed E-state index contributed by atoms with van der Waals surface area (Å²) in [5, 5.41) is 18.3. The van der Waals surface area contributed by atoms with Gasteiger partial charge in [-0.1, -0.05) is 30.3 Å². The molecule has 1 heterocycles. The second kappa shape index (κ2) is 9.68. The zero-order valence-corrected chi connectivity index (χ0v) is 16.0. The first-order valence-corrected chi connectivity index (χ1v) is 9.70. The highest BCUT2D eigenvalue weighted by atomic mass is 16.5. The van der Waals surface area contributed by atoms with Gasteiger partial charge in [0.1, 0.15) is 18.5 Å². The average molecular weight is 384 g/mol. The van der Waals surface area contributed by atoms with Crippen molar-refractivity contribution in [2.45, 2.75) is 31.4 Å². The SMILES string of the molecule is NCc1cccc(C2CCN(C(=O)c3cccc(OC[C@H](O)CO)c3)CC2)c1. The van der Waals surface area contributed by atoms with Crippen LogP contribution in [0.25, 0.3) is 0 Å². The maximum absolute atomic E-state index is 12.9. The van der Waals surface area contributed by atoms with Gasteiger partial charge in [-0.25, -0.2) is 0 Å². The second-order valence-corrected chi connectivity index (χ2v) is 7.19. The number of hydrogen-bond acceptors (Lipinski definition) is 5. The van der Waals surface area contributed by atoms with Crippen molar-refractivity contribution in [2.75, 3.05) is 26.3 Å². The molecule has 0 aliphatic carbocycles. The van der Waals surface area contributed by atoms with Crippen molar-refractivity contribution in [1.29, 1.82) is 0 Å². The van der Waals surface area contributed by atoms with Gasteiger partial charge in [0.25, 0.3) is 5.91 Å². The molecule has 4 N–H and O–H groups in total. The fourth-order valence-electron chi connectivity index (χ4n) is 3.54. The van der Waals surface area contributed by atoms with E-state index in [1.165, 1.54) is 5.56 Å². The van der Waals surface area contributed by atoms with Crippen molar-refractivity contribution in [3.63, 3.8) is 0 Å². The fraction of sp³-hybridized carbons (Fsp3) is 0.409. The predicted molar refractivity (Wildman–Crippen MR) is 107 cm³/mol. The largest absolute Gasteiger partial charge is 0.491 e. The van der Waals surface area contributed by atoms with E-state index in [1.807, 2.05) is 17.0 Å².